The topological polar surface area (TPSA) is 24.5 Å². The molecule has 1 fully saturated rings. The van der Waals surface area contributed by atoms with Gasteiger partial charge in [-0.15, -0.1) is 0 Å². The highest BCUT2D eigenvalue weighted by atomic mass is 16.5. The van der Waals surface area contributed by atoms with Gasteiger partial charge in [0.2, 0.25) is 0 Å². The van der Waals surface area contributed by atoms with E-state index in [-0.39, 0.29) is 0 Å². The Hall–Kier alpha value is -1.06. The van der Waals surface area contributed by atoms with Crippen LogP contribution in [0.3, 0.4) is 0 Å². The van der Waals surface area contributed by atoms with E-state index in [9.17, 15) is 0 Å². The summed E-state index contributed by atoms with van der Waals surface area (Å²) in [4.78, 5) is 2.58. The van der Waals surface area contributed by atoms with E-state index in [1.54, 1.807) is 7.11 Å². The second-order valence-corrected chi connectivity index (χ2v) is 5.02. The number of aryl methyl sites for hydroxylation is 1. The van der Waals surface area contributed by atoms with Crippen LogP contribution in [0.2, 0.25) is 0 Å². The number of rotatable bonds is 5. The third-order valence-electron chi connectivity index (χ3n) is 3.78. The molecule has 100 valence electrons. The Bertz CT molecular complexity index is 344. The lowest BCUT2D eigenvalue weighted by Gasteiger charge is -2.32. The maximum atomic E-state index is 5.17. The molecule has 0 radical (unpaired) electrons. The van der Waals surface area contributed by atoms with E-state index in [1.807, 2.05) is 12.1 Å². The average Bonchev–Trinajstić information content (AvgIpc) is 2.46. The van der Waals surface area contributed by atoms with Crippen molar-refractivity contribution in [2.24, 2.45) is 0 Å². The summed E-state index contributed by atoms with van der Waals surface area (Å²) >= 11 is 0. The van der Waals surface area contributed by atoms with Crippen LogP contribution >= 0.6 is 0 Å². The predicted molar refractivity (Wildman–Crippen MR) is 75.2 cm³/mol. The van der Waals surface area contributed by atoms with Gasteiger partial charge in [-0.05, 0) is 37.5 Å². The lowest BCUT2D eigenvalue weighted by atomic mass is 10.0. The summed E-state index contributed by atoms with van der Waals surface area (Å²) in [6.07, 6.45) is 2.38. The van der Waals surface area contributed by atoms with Gasteiger partial charge in [0, 0.05) is 32.2 Å². The first-order valence-electron chi connectivity index (χ1n) is 6.87. The van der Waals surface area contributed by atoms with Crippen LogP contribution in [0.1, 0.15) is 18.9 Å². The number of nitrogens with one attached hydrogen (secondary N) is 1. The second kappa shape index (κ2) is 6.76. The van der Waals surface area contributed by atoms with Crippen molar-refractivity contribution in [2.45, 2.75) is 25.8 Å². The molecule has 1 aliphatic rings. The Morgan fingerprint density at radius 2 is 1.89 bits per heavy atom. The molecule has 0 aliphatic carbocycles. The number of hydrogen-bond acceptors (Lipinski definition) is 3. The second-order valence-electron chi connectivity index (χ2n) is 5.02. The first-order valence-corrected chi connectivity index (χ1v) is 6.87. The van der Waals surface area contributed by atoms with E-state index in [1.165, 1.54) is 25.1 Å². The molecule has 1 saturated heterocycles. The van der Waals surface area contributed by atoms with Gasteiger partial charge in [0.25, 0.3) is 0 Å². The minimum Gasteiger partial charge on any atom is -0.497 e. The SMILES string of the molecule is COc1ccc(CCC(C)N2CCNCC2)cc1. The molecule has 1 atom stereocenters. The zero-order valence-corrected chi connectivity index (χ0v) is 11.5. The fourth-order valence-electron chi connectivity index (χ4n) is 2.47. The Balaban J connectivity index is 1.78. The number of benzene rings is 1. The summed E-state index contributed by atoms with van der Waals surface area (Å²) in [5.74, 6) is 0.939. The Labute approximate surface area is 110 Å². The monoisotopic (exact) mass is 248 g/mol. The molecule has 0 saturated carbocycles. The zero-order chi connectivity index (χ0) is 12.8. The molecule has 1 heterocycles. The number of piperazine rings is 1. The molecule has 0 spiro atoms. The van der Waals surface area contributed by atoms with Crippen LogP contribution in [0.15, 0.2) is 24.3 Å². The Morgan fingerprint density at radius 3 is 2.50 bits per heavy atom. The predicted octanol–water partition coefficient (Wildman–Crippen LogP) is 1.92. The van der Waals surface area contributed by atoms with Crippen molar-refractivity contribution in [3.63, 3.8) is 0 Å². The fraction of sp³-hybridized carbons (Fsp3) is 0.600. The minimum atomic E-state index is 0.675. The molecular weight excluding hydrogens is 224 g/mol. The van der Waals surface area contributed by atoms with E-state index in [0.29, 0.717) is 6.04 Å². The molecule has 3 nitrogen and oxygen atoms in total. The summed E-state index contributed by atoms with van der Waals surface area (Å²) in [6.45, 7) is 6.97. The maximum absolute atomic E-state index is 5.17. The molecule has 3 heteroatoms. The molecule has 0 bridgehead atoms. The van der Waals surface area contributed by atoms with E-state index >= 15 is 0 Å². The van der Waals surface area contributed by atoms with Gasteiger partial charge in [-0.3, -0.25) is 4.90 Å². The summed E-state index contributed by atoms with van der Waals surface area (Å²) in [5, 5.41) is 3.40. The molecule has 1 unspecified atom stereocenters. The van der Waals surface area contributed by atoms with Crippen molar-refractivity contribution in [2.75, 3.05) is 33.3 Å². The summed E-state index contributed by atoms with van der Waals surface area (Å²) < 4.78 is 5.17. The third kappa shape index (κ3) is 3.72. The lowest BCUT2D eigenvalue weighted by molar-refractivity contribution is 0.177. The molecule has 1 aromatic carbocycles. The Kier molecular flexibility index (Phi) is 5.02. The van der Waals surface area contributed by atoms with Crippen molar-refractivity contribution >= 4 is 0 Å². The van der Waals surface area contributed by atoms with Crippen LogP contribution < -0.4 is 10.1 Å². The highest BCUT2D eigenvalue weighted by molar-refractivity contribution is 5.27. The van der Waals surface area contributed by atoms with Gasteiger partial charge in [0.05, 0.1) is 7.11 Å². The van der Waals surface area contributed by atoms with Crippen molar-refractivity contribution < 1.29 is 4.74 Å². The summed E-state index contributed by atoms with van der Waals surface area (Å²) in [6, 6.07) is 9.11. The first-order chi connectivity index (χ1) is 8.79. The molecule has 0 aromatic heterocycles. The normalized spacial score (nSPS) is 18.6. The molecule has 18 heavy (non-hydrogen) atoms. The van der Waals surface area contributed by atoms with Crippen molar-refractivity contribution in [3.05, 3.63) is 29.8 Å². The largest absolute Gasteiger partial charge is 0.497 e. The first kappa shape index (κ1) is 13.4. The van der Waals surface area contributed by atoms with E-state index in [4.69, 9.17) is 4.74 Å². The van der Waals surface area contributed by atoms with Crippen LogP contribution in [0.5, 0.6) is 5.75 Å². The zero-order valence-electron chi connectivity index (χ0n) is 11.5. The van der Waals surface area contributed by atoms with E-state index < -0.39 is 0 Å². The van der Waals surface area contributed by atoms with Gasteiger partial charge < -0.3 is 10.1 Å². The van der Waals surface area contributed by atoms with Crippen molar-refractivity contribution in [3.8, 4) is 5.75 Å². The summed E-state index contributed by atoms with van der Waals surface area (Å²) in [5.41, 5.74) is 1.40. The average molecular weight is 248 g/mol. The highest BCUT2D eigenvalue weighted by Crippen LogP contribution is 2.14. The number of hydrogen-bond donors (Lipinski definition) is 1. The number of ether oxygens (including phenoxy) is 1. The van der Waals surface area contributed by atoms with Crippen molar-refractivity contribution in [1.82, 2.24) is 10.2 Å². The van der Waals surface area contributed by atoms with Gasteiger partial charge in [0.15, 0.2) is 0 Å². The Morgan fingerprint density at radius 1 is 1.22 bits per heavy atom. The van der Waals surface area contributed by atoms with Gasteiger partial charge in [0.1, 0.15) is 5.75 Å². The number of methoxy groups -OCH3 is 1. The van der Waals surface area contributed by atoms with Crippen LogP contribution in [0, 0.1) is 0 Å². The van der Waals surface area contributed by atoms with Gasteiger partial charge >= 0.3 is 0 Å². The molecule has 2 rings (SSSR count). The lowest BCUT2D eigenvalue weighted by Crippen LogP contribution is -2.47. The van der Waals surface area contributed by atoms with E-state index in [2.05, 4.69) is 29.3 Å². The van der Waals surface area contributed by atoms with Crippen molar-refractivity contribution in [1.29, 1.82) is 0 Å². The quantitative estimate of drug-likeness (QED) is 0.861. The summed E-state index contributed by atoms with van der Waals surface area (Å²) in [7, 11) is 1.71. The number of nitrogens with zero attached hydrogens (tertiary/aromatic N) is 1. The van der Waals surface area contributed by atoms with E-state index in [0.717, 1.165) is 25.3 Å². The minimum absolute atomic E-state index is 0.675. The smallest absolute Gasteiger partial charge is 0.118 e. The van der Waals surface area contributed by atoms with Gasteiger partial charge in [-0.25, -0.2) is 0 Å². The molecule has 1 aromatic rings. The molecule has 0 amide bonds. The molecule has 1 N–H and O–H groups in total. The maximum Gasteiger partial charge on any atom is 0.118 e. The highest BCUT2D eigenvalue weighted by Gasteiger charge is 2.15. The van der Waals surface area contributed by atoms with Crippen LogP contribution in [-0.2, 0) is 6.42 Å². The molecular formula is C15H24N2O. The van der Waals surface area contributed by atoms with Gasteiger partial charge in [-0.2, -0.15) is 0 Å². The third-order valence-corrected chi connectivity index (χ3v) is 3.78. The van der Waals surface area contributed by atoms with Crippen LogP contribution in [-0.4, -0.2) is 44.2 Å². The molecule has 1 aliphatic heterocycles. The fourth-order valence-corrected chi connectivity index (χ4v) is 2.47. The van der Waals surface area contributed by atoms with Crippen LogP contribution in [0.25, 0.3) is 0 Å². The van der Waals surface area contributed by atoms with Crippen LogP contribution in [0.4, 0.5) is 0 Å². The standard InChI is InChI=1S/C15H24N2O/c1-13(17-11-9-16-10-12-17)3-4-14-5-7-15(18-2)8-6-14/h5-8,13,16H,3-4,9-12H2,1-2H3. The van der Waals surface area contributed by atoms with Gasteiger partial charge in [-0.1, -0.05) is 12.1 Å².